The van der Waals surface area contributed by atoms with Gasteiger partial charge in [0.1, 0.15) is 5.75 Å². The SMILES string of the molecule is CCOc1ccc(C(Cc2ccc(C(C)C)cc2)C(=O)O)c(C)c1. The Bertz CT molecular complexity index is 687. The van der Waals surface area contributed by atoms with Gasteiger partial charge in [0.05, 0.1) is 12.5 Å². The van der Waals surface area contributed by atoms with Gasteiger partial charge in [0.2, 0.25) is 0 Å². The summed E-state index contributed by atoms with van der Waals surface area (Å²) < 4.78 is 5.49. The van der Waals surface area contributed by atoms with Crippen LogP contribution in [0.3, 0.4) is 0 Å². The molecule has 0 heterocycles. The lowest BCUT2D eigenvalue weighted by molar-refractivity contribution is -0.138. The highest BCUT2D eigenvalue weighted by Gasteiger charge is 2.22. The number of hydrogen-bond donors (Lipinski definition) is 1. The van der Waals surface area contributed by atoms with Crippen LogP contribution in [0.4, 0.5) is 0 Å². The summed E-state index contributed by atoms with van der Waals surface area (Å²) in [4.78, 5) is 11.8. The van der Waals surface area contributed by atoms with Gasteiger partial charge in [0.15, 0.2) is 0 Å². The van der Waals surface area contributed by atoms with Crippen LogP contribution < -0.4 is 4.74 Å². The van der Waals surface area contributed by atoms with Crippen LogP contribution in [0.25, 0.3) is 0 Å². The number of carboxylic acid groups (broad SMARTS) is 1. The standard InChI is InChI=1S/C21H26O3/c1-5-24-18-10-11-19(15(4)12-18)20(21(22)23)13-16-6-8-17(9-7-16)14(2)3/h6-12,14,20H,5,13H2,1-4H3,(H,22,23). The van der Waals surface area contributed by atoms with Crippen molar-refractivity contribution in [3.8, 4) is 5.75 Å². The summed E-state index contributed by atoms with van der Waals surface area (Å²) in [6.07, 6.45) is 0.489. The van der Waals surface area contributed by atoms with E-state index in [9.17, 15) is 9.90 Å². The quantitative estimate of drug-likeness (QED) is 0.785. The molecule has 0 aliphatic rings. The van der Waals surface area contributed by atoms with Gasteiger partial charge in [-0.15, -0.1) is 0 Å². The van der Waals surface area contributed by atoms with E-state index in [1.807, 2.05) is 44.2 Å². The number of hydrogen-bond acceptors (Lipinski definition) is 2. The second-order valence-electron chi connectivity index (χ2n) is 6.44. The highest BCUT2D eigenvalue weighted by Crippen LogP contribution is 2.28. The third-order valence-corrected chi connectivity index (χ3v) is 4.31. The van der Waals surface area contributed by atoms with Crippen molar-refractivity contribution < 1.29 is 14.6 Å². The Kier molecular flexibility index (Phi) is 6.02. The van der Waals surface area contributed by atoms with Crippen molar-refractivity contribution in [2.24, 2.45) is 0 Å². The summed E-state index contributed by atoms with van der Waals surface area (Å²) in [6.45, 7) is 8.78. The summed E-state index contributed by atoms with van der Waals surface area (Å²) in [7, 11) is 0. The fourth-order valence-electron chi connectivity index (χ4n) is 2.90. The van der Waals surface area contributed by atoms with Crippen LogP contribution in [0, 0.1) is 6.92 Å². The molecule has 0 fully saturated rings. The molecule has 24 heavy (non-hydrogen) atoms. The average molecular weight is 326 g/mol. The lowest BCUT2D eigenvalue weighted by atomic mass is 9.88. The maximum atomic E-state index is 11.8. The van der Waals surface area contributed by atoms with Crippen molar-refractivity contribution in [2.75, 3.05) is 6.61 Å². The number of ether oxygens (including phenoxy) is 1. The van der Waals surface area contributed by atoms with Gasteiger partial charge in [-0.2, -0.15) is 0 Å². The molecule has 2 rings (SSSR count). The first-order chi connectivity index (χ1) is 11.4. The van der Waals surface area contributed by atoms with E-state index in [4.69, 9.17) is 4.74 Å². The normalized spacial score (nSPS) is 12.2. The van der Waals surface area contributed by atoms with E-state index in [0.717, 1.165) is 22.4 Å². The molecule has 0 aromatic heterocycles. The molecule has 1 atom stereocenters. The van der Waals surface area contributed by atoms with E-state index in [1.165, 1.54) is 5.56 Å². The smallest absolute Gasteiger partial charge is 0.311 e. The topological polar surface area (TPSA) is 46.5 Å². The molecule has 3 nitrogen and oxygen atoms in total. The molecule has 1 N–H and O–H groups in total. The number of carbonyl (C=O) groups is 1. The number of carboxylic acids is 1. The molecule has 0 saturated heterocycles. The van der Waals surface area contributed by atoms with Gasteiger partial charge in [-0.1, -0.05) is 44.2 Å². The highest BCUT2D eigenvalue weighted by atomic mass is 16.5. The number of aliphatic carboxylic acids is 1. The first-order valence-electron chi connectivity index (χ1n) is 8.47. The van der Waals surface area contributed by atoms with Crippen LogP contribution in [0.5, 0.6) is 5.75 Å². The summed E-state index contributed by atoms with van der Waals surface area (Å²) in [5, 5.41) is 9.70. The van der Waals surface area contributed by atoms with Crippen molar-refractivity contribution in [3.63, 3.8) is 0 Å². The average Bonchev–Trinajstić information content (AvgIpc) is 2.54. The van der Waals surface area contributed by atoms with Gasteiger partial charge in [0, 0.05) is 0 Å². The molecular weight excluding hydrogens is 300 g/mol. The minimum atomic E-state index is -0.796. The van der Waals surface area contributed by atoms with Crippen LogP contribution in [0.2, 0.25) is 0 Å². The Morgan fingerprint density at radius 1 is 1.12 bits per heavy atom. The van der Waals surface area contributed by atoms with Gasteiger partial charge in [-0.05, 0) is 60.6 Å². The van der Waals surface area contributed by atoms with Crippen molar-refractivity contribution in [1.82, 2.24) is 0 Å². The summed E-state index contributed by atoms with van der Waals surface area (Å²) >= 11 is 0. The van der Waals surface area contributed by atoms with Crippen LogP contribution in [-0.4, -0.2) is 17.7 Å². The van der Waals surface area contributed by atoms with Crippen LogP contribution in [-0.2, 0) is 11.2 Å². The predicted molar refractivity (Wildman–Crippen MR) is 97.0 cm³/mol. The third-order valence-electron chi connectivity index (χ3n) is 4.31. The molecule has 1 unspecified atom stereocenters. The van der Waals surface area contributed by atoms with Crippen LogP contribution >= 0.6 is 0 Å². The molecule has 128 valence electrons. The van der Waals surface area contributed by atoms with E-state index < -0.39 is 11.9 Å². The van der Waals surface area contributed by atoms with E-state index >= 15 is 0 Å². The molecule has 2 aromatic carbocycles. The predicted octanol–water partition coefficient (Wildman–Crippen LogP) is 4.93. The van der Waals surface area contributed by atoms with Crippen molar-refractivity contribution >= 4 is 5.97 Å². The molecule has 3 heteroatoms. The number of aryl methyl sites for hydroxylation is 1. The van der Waals surface area contributed by atoms with E-state index in [2.05, 4.69) is 26.0 Å². The molecule has 0 aliphatic heterocycles. The fourth-order valence-corrected chi connectivity index (χ4v) is 2.90. The second kappa shape index (κ2) is 8.00. The van der Waals surface area contributed by atoms with E-state index in [0.29, 0.717) is 18.9 Å². The first-order valence-corrected chi connectivity index (χ1v) is 8.47. The minimum Gasteiger partial charge on any atom is -0.494 e. The molecule has 0 radical (unpaired) electrons. The summed E-state index contributed by atoms with van der Waals surface area (Å²) in [5.74, 6) is -0.0902. The largest absolute Gasteiger partial charge is 0.494 e. The lowest BCUT2D eigenvalue weighted by Crippen LogP contribution is -2.15. The molecule has 0 spiro atoms. The maximum Gasteiger partial charge on any atom is 0.311 e. The van der Waals surface area contributed by atoms with E-state index in [1.54, 1.807) is 0 Å². The van der Waals surface area contributed by atoms with Crippen molar-refractivity contribution in [1.29, 1.82) is 0 Å². The monoisotopic (exact) mass is 326 g/mol. The third kappa shape index (κ3) is 4.38. The Labute approximate surface area is 144 Å². The van der Waals surface area contributed by atoms with E-state index in [-0.39, 0.29) is 0 Å². The van der Waals surface area contributed by atoms with Gasteiger partial charge < -0.3 is 9.84 Å². The molecule has 0 amide bonds. The number of rotatable bonds is 7. The van der Waals surface area contributed by atoms with Gasteiger partial charge in [0.25, 0.3) is 0 Å². The highest BCUT2D eigenvalue weighted by molar-refractivity contribution is 5.77. The molecule has 0 saturated carbocycles. The zero-order valence-corrected chi connectivity index (χ0v) is 14.9. The van der Waals surface area contributed by atoms with Crippen LogP contribution in [0.15, 0.2) is 42.5 Å². The molecule has 2 aromatic rings. The summed E-state index contributed by atoms with van der Waals surface area (Å²) in [6, 6.07) is 13.9. The van der Waals surface area contributed by atoms with Crippen molar-refractivity contribution in [2.45, 2.75) is 46.0 Å². The Hall–Kier alpha value is -2.29. The van der Waals surface area contributed by atoms with Gasteiger partial charge in [-0.3, -0.25) is 4.79 Å². The summed E-state index contributed by atoms with van der Waals surface area (Å²) in [5.41, 5.74) is 4.11. The molecule has 0 aliphatic carbocycles. The Morgan fingerprint density at radius 2 is 1.79 bits per heavy atom. The zero-order valence-electron chi connectivity index (χ0n) is 14.9. The Balaban J connectivity index is 2.25. The maximum absolute atomic E-state index is 11.8. The lowest BCUT2D eigenvalue weighted by Gasteiger charge is -2.17. The number of benzene rings is 2. The minimum absolute atomic E-state index is 0.475. The fraction of sp³-hybridized carbons (Fsp3) is 0.381. The molecule has 0 bridgehead atoms. The second-order valence-corrected chi connectivity index (χ2v) is 6.44. The Morgan fingerprint density at radius 3 is 2.29 bits per heavy atom. The zero-order chi connectivity index (χ0) is 17.7. The van der Waals surface area contributed by atoms with Crippen molar-refractivity contribution in [3.05, 3.63) is 64.7 Å². The first kappa shape index (κ1) is 18.1. The van der Waals surface area contributed by atoms with Crippen LogP contribution in [0.1, 0.15) is 54.9 Å². The van der Waals surface area contributed by atoms with Gasteiger partial charge >= 0.3 is 5.97 Å². The molecular formula is C21H26O3. The van der Waals surface area contributed by atoms with Gasteiger partial charge in [-0.25, -0.2) is 0 Å².